The predicted octanol–water partition coefficient (Wildman–Crippen LogP) is 2.86. The molecular weight excluding hydrogens is 258 g/mol. The summed E-state index contributed by atoms with van der Waals surface area (Å²) in [4.78, 5) is 20.0. The maximum Gasteiger partial charge on any atom is 0.262 e. The molecular formula is C14H13N3OS. The summed E-state index contributed by atoms with van der Waals surface area (Å²) < 4.78 is 1.14. The van der Waals surface area contributed by atoms with Gasteiger partial charge in [0, 0.05) is 17.1 Å². The molecule has 19 heavy (non-hydrogen) atoms. The lowest BCUT2D eigenvalue weighted by atomic mass is 10.1. The zero-order valence-corrected chi connectivity index (χ0v) is 11.3. The Balaban J connectivity index is 1.83. The summed E-state index contributed by atoms with van der Waals surface area (Å²) in [6.45, 7) is 2.40. The lowest BCUT2D eigenvalue weighted by Crippen LogP contribution is -2.23. The van der Waals surface area contributed by atoms with Crippen molar-refractivity contribution in [2.45, 2.75) is 13.5 Å². The van der Waals surface area contributed by atoms with Crippen LogP contribution < -0.4 is 5.32 Å². The first kappa shape index (κ1) is 11.9. The van der Waals surface area contributed by atoms with Gasteiger partial charge in [0.05, 0.1) is 11.4 Å². The van der Waals surface area contributed by atoms with Crippen molar-refractivity contribution < 1.29 is 4.79 Å². The SMILES string of the molecule is Cc1c(C(=O)NCc2ncc[nH]2)sc2ccccc12. The highest BCUT2D eigenvalue weighted by atomic mass is 32.1. The zero-order chi connectivity index (χ0) is 13.2. The van der Waals surface area contributed by atoms with Gasteiger partial charge in [-0.2, -0.15) is 0 Å². The van der Waals surface area contributed by atoms with Gasteiger partial charge in [-0.05, 0) is 23.9 Å². The van der Waals surface area contributed by atoms with Crippen LogP contribution in [0.5, 0.6) is 0 Å². The smallest absolute Gasteiger partial charge is 0.262 e. The molecule has 0 spiro atoms. The molecule has 5 heteroatoms. The fraction of sp³-hybridized carbons (Fsp3) is 0.143. The van der Waals surface area contributed by atoms with E-state index in [2.05, 4.69) is 15.3 Å². The topological polar surface area (TPSA) is 57.8 Å². The number of aryl methyl sites for hydroxylation is 1. The summed E-state index contributed by atoms with van der Waals surface area (Å²) >= 11 is 1.53. The number of nitrogens with zero attached hydrogens (tertiary/aromatic N) is 1. The number of hydrogen-bond donors (Lipinski definition) is 2. The number of amides is 1. The first-order valence-corrected chi connectivity index (χ1v) is 6.82. The average molecular weight is 271 g/mol. The second-order valence-corrected chi connectivity index (χ2v) is 5.32. The van der Waals surface area contributed by atoms with Gasteiger partial charge in [0.25, 0.3) is 5.91 Å². The lowest BCUT2D eigenvalue weighted by Gasteiger charge is -2.02. The number of aromatic amines is 1. The Bertz CT molecular complexity index is 715. The molecule has 0 saturated carbocycles. The van der Waals surface area contributed by atoms with Crippen molar-refractivity contribution in [2.24, 2.45) is 0 Å². The van der Waals surface area contributed by atoms with Gasteiger partial charge in [-0.3, -0.25) is 4.79 Å². The van der Waals surface area contributed by atoms with Crippen LogP contribution in [0.2, 0.25) is 0 Å². The van der Waals surface area contributed by atoms with Gasteiger partial charge < -0.3 is 10.3 Å². The Kier molecular flexibility index (Phi) is 3.05. The summed E-state index contributed by atoms with van der Waals surface area (Å²) in [6.07, 6.45) is 3.42. The van der Waals surface area contributed by atoms with Crippen molar-refractivity contribution in [1.82, 2.24) is 15.3 Å². The number of H-pyrrole nitrogens is 1. The molecule has 96 valence electrons. The van der Waals surface area contributed by atoms with Crippen molar-refractivity contribution in [3.05, 3.63) is 52.9 Å². The van der Waals surface area contributed by atoms with Crippen LogP contribution in [0, 0.1) is 6.92 Å². The number of benzene rings is 1. The third-order valence-corrected chi connectivity index (χ3v) is 4.29. The number of carbonyl (C=O) groups is 1. The summed E-state index contributed by atoms with van der Waals surface area (Å²) in [6, 6.07) is 8.07. The van der Waals surface area contributed by atoms with E-state index in [1.54, 1.807) is 12.4 Å². The van der Waals surface area contributed by atoms with Crippen LogP contribution in [-0.2, 0) is 6.54 Å². The summed E-state index contributed by atoms with van der Waals surface area (Å²) in [5, 5.41) is 4.03. The molecule has 2 N–H and O–H groups in total. The second kappa shape index (κ2) is 4.85. The maximum absolute atomic E-state index is 12.2. The van der Waals surface area contributed by atoms with Gasteiger partial charge in [-0.25, -0.2) is 4.98 Å². The van der Waals surface area contributed by atoms with Crippen LogP contribution in [0.3, 0.4) is 0 Å². The molecule has 2 aromatic heterocycles. The molecule has 0 saturated heterocycles. The largest absolute Gasteiger partial charge is 0.347 e. The van der Waals surface area contributed by atoms with Crippen LogP contribution in [0.25, 0.3) is 10.1 Å². The van der Waals surface area contributed by atoms with E-state index in [9.17, 15) is 4.79 Å². The highest BCUT2D eigenvalue weighted by molar-refractivity contribution is 7.21. The van der Waals surface area contributed by atoms with Crippen molar-refractivity contribution in [2.75, 3.05) is 0 Å². The fourth-order valence-corrected chi connectivity index (χ4v) is 3.16. The Morgan fingerprint density at radius 2 is 2.26 bits per heavy atom. The standard InChI is InChI=1S/C14H13N3OS/c1-9-10-4-2-3-5-11(10)19-13(9)14(18)17-8-12-15-6-7-16-12/h2-7H,8H2,1H3,(H,15,16)(H,17,18). The lowest BCUT2D eigenvalue weighted by molar-refractivity contribution is 0.0953. The van der Waals surface area contributed by atoms with E-state index < -0.39 is 0 Å². The van der Waals surface area contributed by atoms with Crippen LogP contribution in [0.15, 0.2) is 36.7 Å². The van der Waals surface area contributed by atoms with Gasteiger partial charge >= 0.3 is 0 Å². The Hall–Kier alpha value is -2.14. The molecule has 2 heterocycles. The molecule has 3 rings (SSSR count). The van der Waals surface area contributed by atoms with Crippen LogP contribution in [-0.4, -0.2) is 15.9 Å². The maximum atomic E-state index is 12.2. The van der Waals surface area contributed by atoms with Gasteiger partial charge in [0.2, 0.25) is 0 Å². The highest BCUT2D eigenvalue weighted by Crippen LogP contribution is 2.30. The van der Waals surface area contributed by atoms with E-state index in [4.69, 9.17) is 0 Å². The minimum absolute atomic E-state index is 0.0462. The number of fused-ring (bicyclic) bond motifs is 1. The Morgan fingerprint density at radius 1 is 1.42 bits per heavy atom. The van der Waals surface area contributed by atoms with Crippen molar-refractivity contribution in [3.8, 4) is 0 Å². The molecule has 0 unspecified atom stereocenters. The molecule has 0 radical (unpaired) electrons. The number of rotatable bonds is 3. The number of nitrogens with one attached hydrogen (secondary N) is 2. The van der Waals surface area contributed by atoms with Crippen molar-refractivity contribution in [3.63, 3.8) is 0 Å². The summed E-state index contributed by atoms with van der Waals surface area (Å²) in [5.74, 6) is 0.710. The molecule has 3 aromatic rings. The van der Waals surface area contributed by atoms with Crippen molar-refractivity contribution in [1.29, 1.82) is 0 Å². The third-order valence-electron chi connectivity index (χ3n) is 3.02. The quantitative estimate of drug-likeness (QED) is 0.769. The number of carbonyl (C=O) groups excluding carboxylic acids is 1. The highest BCUT2D eigenvalue weighted by Gasteiger charge is 2.14. The molecule has 0 bridgehead atoms. The average Bonchev–Trinajstić information content (AvgIpc) is 3.05. The van der Waals surface area contributed by atoms with Gasteiger partial charge in [0.15, 0.2) is 0 Å². The molecule has 1 aromatic carbocycles. The van der Waals surface area contributed by atoms with Crippen molar-refractivity contribution >= 4 is 27.3 Å². The van der Waals surface area contributed by atoms with Gasteiger partial charge in [0.1, 0.15) is 5.82 Å². The van der Waals surface area contributed by atoms with E-state index in [-0.39, 0.29) is 5.91 Å². The predicted molar refractivity (Wildman–Crippen MR) is 76.3 cm³/mol. The summed E-state index contributed by atoms with van der Waals surface area (Å²) in [7, 11) is 0. The van der Waals surface area contributed by atoms with E-state index in [0.29, 0.717) is 6.54 Å². The van der Waals surface area contributed by atoms with Crippen LogP contribution in [0.1, 0.15) is 21.1 Å². The molecule has 0 fully saturated rings. The van der Waals surface area contributed by atoms with Gasteiger partial charge in [-0.1, -0.05) is 18.2 Å². The molecule has 0 aliphatic heterocycles. The second-order valence-electron chi connectivity index (χ2n) is 4.27. The van der Waals surface area contributed by atoms with E-state index in [1.165, 1.54) is 11.3 Å². The minimum Gasteiger partial charge on any atom is -0.347 e. The first-order valence-electron chi connectivity index (χ1n) is 6.00. The van der Waals surface area contributed by atoms with E-state index >= 15 is 0 Å². The van der Waals surface area contributed by atoms with Gasteiger partial charge in [-0.15, -0.1) is 11.3 Å². The molecule has 1 amide bonds. The normalized spacial score (nSPS) is 10.8. The minimum atomic E-state index is -0.0462. The number of thiophene rings is 1. The van der Waals surface area contributed by atoms with Crippen LogP contribution in [0.4, 0.5) is 0 Å². The van der Waals surface area contributed by atoms with E-state index in [0.717, 1.165) is 26.4 Å². The molecule has 4 nitrogen and oxygen atoms in total. The third kappa shape index (κ3) is 2.24. The van der Waals surface area contributed by atoms with Crippen LogP contribution >= 0.6 is 11.3 Å². The monoisotopic (exact) mass is 271 g/mol. The number of hydrogen-bond acceptors (Lipinski definition) is 3. The molecule has 0 atom stereocenters. The molecule has 0 aliphatic rings. The fourth-order valence-electron chi connectivity index (χ4n) is 2.03. The number of aromatic nitrogens is 2. The first-order chi connectivity index (χ1) is 9.25. The zero-order valence-electron chi connectivity index (χ0n) is 10.4. The van der Waals surface area contributed by atoms with E-state index in [1.807, 2.05) is 31.2 Å². The number of imidazole rings is 1. The Labute approximate surface area is 114 Å². The molecule has 0 aliphatic carbocycles. The Morgan fingerprint density at radius 3 is 3.00 bits per heavy atom. The summed E-state index contributed by atoms with van der Waals surface area (Å²) in [5.41, 5.74) is 1.04.